The largest absolute Gasteiger partial charge is 0.338 e. The molecule has 0 radical (unpaired) electrons. The second kappa shape index (κ2) is 4.09. The van der Waals surface area contributed by atoms with Gasteiger partial charge in [-0.2, -0.15) is 0 Å². The topological polar surface area (TPSA) is 29.9 Å². The quantitative estimate of drug-likeness (QED) is 0.871. The monoisotopic (exact) mass is 237 g/mol. The summed E-state index contributed by atoms with van der Waals surface area (Å²) in [5, 5.41) is 3.49. The Kier molecular flexibility index (Phi) is 2.69. The third-order valence-electron chi connectivity index (χ3n) is 4.28. The number of hydrogen-bond donors (Lipinski definition) is 1. The highest BCUT2D eigenvalue weighted by molar-refractivity contribution is 5.02. The van der Waals surface area contributed by atoms with Gasteiger partial charge in [0.25, 0.3) is 0 Å². The maximum absolute atomic E-state index is 14.8. The lowest BCUT2D eigenvalue weighted by Crippen LogP contribution is -2.46. The van der Waals surface area contributed by atoms with Crippen LogP contribution in [0.3, 0.4) is 0 Å². The van der Waals surface area contributed by atoms with Crippen molar-refractivity contribution in [2.24, 2.45) is 7.05 Å². The SMILES string of the molecule is Cn1ccnc1CCC1(F)CC2CCC(C1)N2. The smallest absolute Gasteiger partial charge is 0.114 e. The molecule has 0 saturated carbocycles. The van der Waals surface area contributed by atoms with Gasteiger partial charge in [0.15, 0.2) is 0 Å². The lowest BCUT2D eigenvalue weighted by atomic mass is 9.85. The minimum absolute atomic E-state index is 0.417. The van der Waals surface area contributed by atoms with E-state index in [0.29, 0.717) is 31.3 Å². The van der Waals surface area contributed by atoms with Gasteiger partial charge < -0.3 is 9.88 Å². The third-order valence-corrected chi connectivity index (χ3v) is 4.28. The van der Waals surface area contributed by atoms with Crippen LogP contribution in [0.5, 0.6) is 0 Å². The summed E-state index contributed by atoms with van der Waals surface area (Å²) in [6, 6.07) is 0.834. The second-order valence-electron chi connectivity index (χ2n) is 5.65. The number of rotatable bonds is 3. The van der Waals surface area contributed by atoms with E-state index in [0.717, 1.165) is 25.1 Å². The van der Waals surface area contributed by atoms with Crippen LogP contribution in [-0.2, 0) is 13.5 Å². The predicted octanol–water partition coefficient (Wildman–Crippen LogP) is 1.98. The van der Waals surface area contributed by atoms with E-state index in [-0.39, 0.29) is 0 Å². The Morgan fingerprint density at radius 2 is 2.18 bits per heavy atom. The molecule has 3 heterocycles. The van der Waals surface area contributed by atoms with Gasteiger partial charge in [0.2, 0.25) is 0 Å². The standard InChI is InChI=1S/C13H20FN3/c1-17-7-6-15-12(17)4-5-13(14)8-10-2-3-11(9-13)16-10/h6-7,10-11,16H,2-5,8-9H2,1H3. The van der Waals surface area contributed by atoms with Crippen LogP contribution in [0.4, 0.5) is 4.39 Å². The Bertz CT molecular complexity index is 389. The van der Waals surface area contributed by atoms with Crippen LogP contribution in [-0.4, -0.2) is 27.3 Å². The maximum atomic E-state index is 14.8. The predicted molar refractivity (Wildman–Crippen MR) is 64.5 cm³/mol. The number of hydrogen-bond acceptors (Lipinski definition) is 2. The molecule has 2 saturated heterocycles. The number of imidazole rings is 1. The van der Waals surface area contributed by atoms with E-state index in [2.05, 4.69) is 10.3 Å². The first kappa shape index (κ1) is 11.2. The molecule has 2 bridgehead atoms. The molecule has 3 nitrogen and oxygen atoms in total. The van der Waals surface area contributed by atoms with Gasteiger partial charge in [-0.1, -0.05) is 0 Å². The van der Waals surface area contributed by atoms with Crippen molar-refractivity contribution in [1.29, 1.82) is 0 Å². The van der Waals surface area contributed by atoms with Crippen LogP contribution >= 0.6 is 0 Å². The number of aromatic nitrogens is 2. The highest BCUT2D eigenvalue weighted by Crippen LogP contribution is 2.39. The fraction of sp³-hybridized carbons (Fsp3) is 0.769. The van der Waals surface area contributed by atoms with Crippen molar-refractivity contribution in [2.45, 2.75) is 56.3 Å². The fourth-order valence-corrected chi connectivity index (χ4v) is 3.37. The van der Waals surface area contributed by atoms with Crippen molar-refractivity contribution in [3.8, 4) is 0 Å². The zero-order valence-corrected chi connectivity index (χ0v) is 10.3. The van der Waals surface area contributed by atoms with Gasteiger partial charge in [-0.25, -0.2) is 9.37 Å². The zero-order valence-electron chi connectivity index (χ0n) is 10.3. The molecule has 0 aliphatic carbocycles. The van der Waals surface area contributed by atoms with E-state index in [1.54, 1.807) is 6.20 Å². The van der Waals surface area contributed by atoms with Crippen LogP contribution in [0.2, 0.25) is 0 Å². The molecular weight excluding hydrogens is 217 g/mol. The molecule has 2 unspecified atom stereocenters. The van der Waals surface area contributed by atoms with Gasteiger partial charge in [0, 0.05) is 37.9 Å². The van der Waals surface area contributed by atoms with E-state index in [1.165, 1.54) is 0 Å². The maximum Gasteiger partial charge on any atom is 0.114 e. The normalized spacial score (nSPS) is 36.4. The van der Waals surface area contributed by atoms with Crippen LogP contribution in [0.1, 0.15) is 37.9 Å². The van der Waals surface area contributed by atoms with Gasteiger partial charge >= 0.3 is 0 Å². The van der Waals surface area contributed by atoms with Crippen LogP contribution in [0.15, 0.2) is 12.4 Å². The number of fused-ring (bicyclic) bond motifs is 2. The van der Waals surface area contributed by atoms with Gasteiger partial charge in [-0.05, 0) is 32.1 Å². The molecule has 4 heteroatoms. The number of nitrogens with zero attached hydrogens (tertiary/aromatic N) is 2. The summed E-state index contributed by atoms with van der Waals surface area (Å²) < 4.78 is 16.7. The highest BCUT2D eigenvalue weighted by Gasteiger charge is 2.43. The van der Waals surface area contributed by atoms with Gasteiger partial charge in [-0.15, -0.1) is 0 Å². The molecule has 1 aromatic rings. The van der Waals surface area contributed by atoms with Gasteiger partial charge in [-0.3, -0.25) is 0 Å². The average molecular weight is 237 g/mol. The molecule has 0 spiro atoms. The van der Waals surface area contributed by atoms with Crippen molar-refractivity contribution in [1.82, 2.24) is 14.9 Å². The molecule has 1 N–H and O–H groups in total. The van der Waals surface area contributed by atoms with Gasteiger partial charge in [0.05, 0.1) is 0 Å². The van der Waals surface area contributed by atoms with Crippen molar-refractivity contribution >= 4 is 0 Å². The van der Waals surface area contributed by atoms with Crippen LogP contribution in [0, 0.1) is 0 Å². The molecule has 2 aliphatic heterocycles. The Morgan fingerprint density at radius 1 is 1.47 bits per heavy atom. The van der Waals surface area contributed by atoms with Gasteiger partial charge in [0.1, 0.15) is 11.5 Å². The Balaban J connectivity index is 1.63. The molecule has 2 atom stereocenters. The molecule has 0 aromatic carbocycles. The first-order valence-corrected chi connectivity index (χ1v) is 6.56. The minimum atomic E-state index is -0.969. The van der Waals surface area contributed by atoms with Crippen molar-refractivity contribution in [3.05, 3.63) is 18.2 Å². The summed E-state index contributed by atoms with van der Waals surface area (Å²) in [7, 11) is 1.97. The summed E-state index contributed by atoms with van der Waals surface area (Å²) in [6.45, 7) is 0. The molecular formula is C13H20FN3. The van der Waals surface area contributed by atoms with E-state index in [1.807, 2.05) is 17.8 Å². The lowest BCUT2D eigenvalue weighted by Gasteiger charge is -2.35. The van der Waals surface area contributed by atoms with Crippen LogP contribution in [0.25, 0.3) is 0 Å². The Hall–Kier alpha value is -0.900. The van der Waals surface area contributed by atoms with E-state index in [4.69, 9.17) is 0 Å². The molecule has 2 fully saturated rings. The summed E-state index contributed by atoms with van der Waals surface area (Å²) in [5.74, 6) is 0.993. The number of alkyl halides is 1. The Labute approximate surface area is 101 Å². The van der Waals surface area contributed by atoms with Crippen molar-refractivity contribution in [3.63, 3.8) is 0 Å². The lowest BCUT2D eigenvalue weighted by molar-refractivity contribution is 0.0790. The molecule has 2 aliphatic rings. The number of nitrogens with one attached hydrogen (secondary N) is 1. The Morgan fingerprint density at radius 3 is 2.76 bits per heavy atom. The first-order chi connectivity index (χ1) is 8.15. The van der Waals surface area contributed by atoms with E-state index < -0.39 is 5.67 Å². The number of aryl methyl sites for hydroxylation is 2. The summed E-state index contributed by atoms with van der Waals surface area (Å²) in [6.07, 6.45) is 8.75. The summed E-state index contributed by atoms with van der Waals surface area (Å²) in [4.78, 5) is 4.27. The molecule has 3 rings (SSSR count). The summed E-state index contributed by atoms with van der Waals surface area (Å²) in [5.41, 5.74) is -0.969. The third kappa shape index (κ3) is 2.23. The number of piperidine rings is 1. The van der Waals surface area contributed by atoms with Crippen molar-refractivity contribution in [2.75, 3.05) is 0 Å². The van der Waals surface area contributed by atoms with E-state index >= 15 is 0 Å². The zero-order chi connectivity index (χ0) is 11.9. The second-order valence-corrected chi connectivity index (χ2v) is 5.65. The summed E-state index contributed by atoms with van der Waals surface area (Å²) >= 11 is 0. The molecule has 0 amide bonds. The molecule has 1 aromatic heterocycles. The van der Waals surface area contributed by atoms with Crippen molar-refractivity contribution < 1.29 is 4.39 Å². The minimum Gasteiger partial charge on any atom is -0.338 e. The van der Waals surface area contributed by atoms with Crippen LogP contribution < -0.4 is 5.32 Å². The van der Waals surface area contributed by atoms with E-state index in [9.17, 15) is 4.39 Å². The number of halogens is 1. The molecule has 17 heavy (non-hydrogen) atoms. The molecule has 94 valence electrons. The fourth-order valence-electron chi connectivity index (χ4n) is 3.37. The average Bonchev–Trinajstić information content (AvgIpc) is 2.83. The highest BCUT2D eigenvalue weighted by atomic mass is 19.1. The first-order valence-electron chi connectivity index (χ1n) is 6.56.